The van der Waals surface area contributed by atoms with Crippen LogP contribution in [0.3, 0.4) is 0 Å². The van der Waals surface area contributed by atoms with Crippen molar-refractivity contribution in [3.05, 3.63) is 0 Å². The van der Waals surface area contributed by atoms with Crippen molar-refractivity contribution in [2.75, 3.05) is 19.7 Å². The highest BCUT2D eigenvalue weighted by Crippen LogP contribution is 2.12. The minimum atomic E-state index is -1.59. The third-order valence-corrected chi connectivity index (χ3v) is 1.67. The van der Waals surface area contributed by atoms with Crippen LogP contribution in [0.5, 0.6) is 0 Å². The average molecular weight is 159 g/mol. The number of carbonyl (C=O) groups is 1. The lowest BCUT2D eigenvalue weighted by Gasteiger charge is -2.21. The second-order valence-electron chi connectivity index (χ2n) is 2.71. The Morgan fingerprint density at radius 2 is 2.36 bits per heavy atom. The number of nitrogens with one attached hydrogen (secondary N) is 1. The van der Waals surface area contributed by atoms with E-state index in [0.29, 0.717) is 26.1 Å². The molecule has 0 spiro atoms. The Hall–Kier alpha value is -0.570. The van der Waals surface area contributed by atoms with Gasteiger partial charge < -0.3 is 10.1 Å². The Morgan fingerprint density at radius 1 is 1.73 bits per heavy atom. The predicted molar refractivity (Wildman–Crippen MR) is 42.2 cm³/mol. The standard InChI is InChI=1S/C8H15NO2/c1-7(10)9-6-8-2-4-11-5-3-8/h8H,2-6H2,1H3,(H,9,10)/i6D2. The van der Waals surface area contributed by atoms with Gasteiger partial charge in [0, 0.05) is 29.4 Å². The molecule has 1 aliphatic rings. The van der Waals surface area contributed by atoms with Crippen LogP contribution in [0.1, 0.15) is 22.5 Å². The summed E-state index contributed by atoms with van der Waals surface area (Å²) >= 11 is 0. The zero-order valence-corrected chi connectivity index (χ0v) is 6.72. The third kappa shape index (κ3) is 3.37. The van der Waals surface area contributed by atoms with Crippen LogP contribution in [-0.2, 0) is 9.53 Å². The molecule has 1 rings (SSSR count). The maximum Gasteiger partial charge on any atom is 0.216 e. The van der Waals surface area contributed by atoms with Gasteiger partial charge in [0.05, 0.1) is 0 Å². The molecule has 0 saturated carbocycles. The highest BCUT2D eigenvalue weighted by molar-refractivity contribution is 5.72. The molecule has 0 aromatic carbocycles. The van der Waals surface area contributed by atoms with Crippen molar-refractivity contribution in [1.29, 1.82) is 0 Å². The van der Waals surface area contributed by atoms with E-state index in [1.54, 1.807) is 0 Å². The Labute approximate surface area is 69.9 Å². The van der Waals surface area contributed by atoms with E-state index in [0.717, 1.165) is 0 Å². The normalized spacial score (nSPS) is 23.7. The van der Waals surface area contributed by atoms with Crippen molar-refractivity contribution < 1.29 is 12.3 Å². The van der Waals surface area contributed by atoms with Crippen molar-refractivity contribution in [3.8, 4) is 0 Å². The summed E-state index contributed by atoms with van der Waals surface area (Å²) in [7, 11) is 0. The van der Waals surface area contributed by atoms with Crippen molar-refractivity contribution >= 4 is 5.91 Å². The van der Waals surface area contributed by atoms with Crippen LogP contribution in [0.15, 0.2) is 0 Å². The molecule has 3 heteroatoms. The molecule has 1 saturated heterocycles. The van der Waals surface area contributed by atoms with E-state index < -0.39 is 6.50 Å². The van der Waals surface area contributed by atoms with E-state index in [1.165, 1.54) is 6.92 Å². The maximum absolute atomic E-state index is 10.7. The molecule has 0 aromatic rings. The largest absolute Gasteiger partial charge is 0.381 e. The molecule has 1 heterocycles. The average Bonchev–Trinajstić information content (AvgIpc) is 2.04. The molecule has 1 N–H and O–H groups in total. The second-order valence-corrected chi connectivity index (χ2v) is 2.71. The molecule has 0 bridgehead atoms. The number of rotatable bonds is 2. The topological polar surface area (TPSA) is 38.3 Å². The van der Waals surface area contributed by atoms with Crippen LogP contribution in [0.25, 0.3) is 0 Å². The number of ether oxygens (including phenoxy) is 1. The highest BCUT2D eigenvalue weighted by Gasteiger charge is 2.13. The van der Waals surface area contributed by atoms with Gasteiger partial charge in [-0.3, -0.25) is 4.79 Å². The summed E-state index contributed by atoms with van der Waals surface area (Å²) in [6.07, 6.45) is 1.35. The van der Waals surface area contributed by atoms with Crippen LogP contribution in [0.4, 0.5) is 0 Å². The fourth-order valence-corrected chi connectivity index (χ4v) is 1.05. The Bertz CT molecular complexity index is 191. The summed E-state index contributed by atoms with van der Waals surface area (Å²) in [4.78, 5) is 10.7. The molecule has 0 aromatic heterocycles. The van der Waals surface area contributed by atoms with Crippen molar-refractivity contribution in [1.82, 2.24) is 5.32 Å². The van der Waals surface area contributed by atoms with E-state index >= 15 is 0 Å². The summed E-state index contributed by atoms with van der Waals surface area (Å²) in [6.45, 7) is 0.917. The van der Waals surface area contributed by atoms with Gasteiger partial charge in [-0.1, -0.05) is 0 Å². The van der Waals surface area contributed by atoms with Gasteiger partial charge in [0.2, 0.25) is 5.91 Å². The van der Waals surface area contributed by atoms with Crippen LogP contribution in [0.2, 0.25) is 0 Å². The summed E-state index contributed by atoms with van der Waals surface area (Å²) in [5.41, 5.74) is 0. The fourth-order valence-electron chi connectivity index (χ4n) is 1.05. The van der Waals surface area contributed by atoms with Gasteiger partial charge in [-0.05, 0) is 18.8 Å². The lowest BCUT2D eigenvalue weighted by Crippen LogP contribution is -2.30. The molecule has 3 nitrogen and oxygen atoms in total. The first-order valence-electron chi connectivity index (χ1n) is 4.89. The summed E-state index contributed by atoms with van der Waals surface area (Å²) in [5, 5.41) is 2.33. The van der Waals surface area contributed by atoms with Gasteiger partial charge in [0.25, 0.3) is 0 Å². The number of amides is 1. The van der Waals surface area contributed by atoms with Crippen LogP contribution >= 0.6 is 0 Å². The minimum Gasteiger partial charge on any atom is -0.381 e. The van der Waals surface area contributed by atoms with Crippen molar-refractivity contribution in [3.63, 3.8) is 0 Å². The monoisotopic (exact) mass is 159 g/mol. The fraction of sp³-hybridized carbons (Fsp3) is 0.875. The zero-order chi connectivity index (χ0) is 9.90. The van der Waals surface area contributed by atoms with E-state index in [9.17, 15) is 4.79 Å². The number of carbonyl (C=O) groups excluding carboxylic acids is 1. The van der Waals surface area contributed by atoms with Crippen LogP contribution in [-0.4, -0.2) is 25.6 Å². The molecule has 1 amide bonds. The van der Waals surface area contributed by atoms with Crippen LogP contribution in [0, 0.1) is 5.92 Å². The first-order chi connectivity index (χ1) is 6.02. The number of hydrogen-bond donors (Lipinski definition) is 1. The minimum absolute atomic E-state index is 0.120. The lowest BCUT2D eigenvalue weighted by atomic mass is 10.0. The molecular weight excluding hydrogens is 142 g/mol. The van der Waals surface area contributed by atoms with Crippen molar-refractivity contribution in [2.45, 2.75) is 19.8 Å². The quantitative estimate of drug-likeness (QED) is 0.639. The third-order valence-electron chi connectivity index (χ3n) is 1.67. The van der Waals surface area contributed by atoms with E-state index in [4.69, 9.17) is 7.48 Å². The van der Waals surface area contributed by atoms with Gasteiger partial charge in [-0.15, -0.1) is 0 Å². The van der Waals surface area contributed by atoms with Crippen molar-refractivity contribution in [2.24, 2.45) is 5.92 Å². The smallest absolute Gasteiger partial charge is 0.216 e. The molecule has 1 fully saturated rings. The van der Waals surface area contributed by atoms with Gasteiger partial charge in [0.1, 0.15) is 0 Å². The summed E-state index contributed by atoms with van der Waals surface area (Å²) in [6, 6.07) is 0. The van der Waals surface area contributed by atoms with Gasteiger partial charge in [-0.2, -0.15) is 0 Å². The van der Waals surface area contributed by atoms with E-state index in [2.05, 4.69) is 5.32 Å². The molecule has 0 atom stereocenters. The molecular formula is C8H15NO2. The first-order valence-corrected chi connectivity index (χ1v) is 3.89. The summed E-state index contributed by atoms with van der Waals surface area (Å²) < 4.78 is 20.4. The lowest BCUT2D eigenvalue weighted by molar-refractivity contribution is -0.119. The Kier molecular flexibility index (Phi) is 2.37. The van der Waals surface area contributed by atoms with Gasteiger partial charge in [0.15, 0.2) is 0 Å². The first kappa shape index (κ1) is 6.00. The molecule has 0 aliphatic carbocycles. The summed E-state index contributed by atoms with van der Waals surface area (Å²) in [5.74, 6) is -0.443. The number of hydrogen-bond acceptors (Lipinski definition) is 2. The Morgan fingerprint density at radius 3 is 2.91 bits per heavy atom. The van der Waals surface area contributed by atoms with E-state index in [-0.39, 0.29) is 11.8 Å². The van der Waals surface area contributed by atoms with Gasteiger partial charge in [-0.25, -0.2) is 0 Å². The SMILES string of the molecule is [2H]C([2H])(NC(C)=O)C1CCOCC1. The molecule has 1 aliphatic heterocycles. The van der Waals surface area contributed by atoms with E-state index in [1.807, 2.05) is 0 Å². The zero-order valence-electron chi connectivity index (χ0n) is 8.72. The Balaban J connectivity index is 2.50. The second kappa shape index (κ2) is 4.34. The molecule has 11 heavy (non-hydrogen) atoms. The van der Waals surface area contributed by atoms with Gasteiger partial charge >= 0.3 is 0 Å². The van der Waals surface area contributed by atoms with Crippen LogP contribution < -0.4 is 5.32 Å². The maximum atomic E-state index is 10.7. The molecule has 0 unspecified atom stereocenters. The molecule has 0 radical (unpaired) electrons. The predicted octanol–water partition coefficient (Wildman–Crippen LogP) is 0.549. The molecule has 64 valence electrons. The highest BCUT2D eigenvalue weighted by atomic mass is 16.5.